The van der Waals surface area contributed by atoms with Crippen molar-refractivity contribution in [3.05, 3.63) is 35.9 Å². The fourth-order valence-corrected chi connectivity index (χ4v) is 4.30. The summed E-state index contributed by atoms with van der Waals surface area (Å²) in [5.74, 6) is 2.52. The third-order valence-corrected chi connectivity index (χ3v) is 5.85. The molecule has 3 atom stereocenters. The molecule has 4 rings (SSSR count). The molecule has 1 aromatic carbocycles. The molecule has 2 saturated heterocycles. The van der Waals surface area contributed by atoms with Crippen LogP contribution in [0.2, 0.25) is 0 Å². The van der Waals surface area contributed by atoms with Crippen LogP contribution in [0.1, 0.15) is 31.2 Å². The van der Waals surface area contributed by atoms with Gasteiger partial charge >= 0.3 is 0 Å². The van der Waals surface area contributed by atoms with Gasteiger partial charge in [0.1, 0.15) is 0 Å². The molecule has 2 aliphatic heterocycles. The molecule has 0 aromatic heterocycles. The minimum atomic E-state index is 0.543. The van der Waals surface area contributed by atoms with Gasteiger partial charge in [-0.1, -0.05) is 30.3 Å². The van der Waals surface area contributed by atoms with E-state index in [0.717, 1.165) is 57.8 Å². The Morgan fingerprint density at radius 1 is 1.19 bits per heavy atom. The number of hydrogen-bond acceptors (Lipinski definition) is 3. The predicted octanol–water partition coefficient (Wildman–Crippen LogP) is 2.16. The lowest BCUT2D eigenvalue weighted by molar-refractivity contribution is 0.0315. The molecule has 3 unspecified atom stereocenters. The minimum absolute atomic E-state index is 0.543. The first-order chi connectivity index (χ1) is 12.8. The molecular weight excluding hydrogens is 324 g/mol. The highest BCUT2D eigenvalue weighted by Crippen LogP contribution is 2.40. The monoisotopic (exact) mass is 356 g/mol. The zero-order chi connectivity index (χ0) is 17.8. The lowest BCUT2D eigenvalue weighted by Crippen LogP contribution is -2.43. The fourth-order valence-electron chi connectivity index (χ4n) is 4.30. The van der Waals surface area contributed by atoms with E-state index in [4.69, 9.17) is 9.73 Å². The topological polar surface area (TPSA) is 40.1 Å². The van der Waals surface area contributed by atoms with Gasteiger partial charge in [-0.15, -0.1) is 0 Å². The Bertz CT molecular complexity index is 599. The van der Waals surface area contributed by atoms with Crippen molar-refractivity contribution in [2.45, 2.75) is 31.7 Å². The first-order valence-electron chi connectivity index (χ1n) is 10.2. The van der Waals surface area contributed by atoms with Crippen molar-refractivity contribution in [3.8, 4) is 0 Å². The van der Waals surface area contributed by atoms with Crippen molar-refractivity contribution in [3.63, 3.8) is 0 Å². The van der Waals surface area contributed by atoms with E-state index < -0.39 is 0 Å². The quantitative estimate of drug-likeness (QED) is 0.648. The third-order valence-electron chi connectivity index (χ3n) is 5.85. The number of rotatable bonds is 5. The molecule has 5 nitrogen and oxygen atoms in total. The van der Waals surface area contributed by atoms with Crippen molar-refractivity contribution in [1.29, 1.82) is 0 Å². The van der Waals surface area contributed by atoms with Gasteiger partial charge in [-0.2, -0.15) is 0 Å². The summed E-state index contributed by atoms with van der Waals surface area (Å²) in [7, 11) is 0. The van der Waals surface area contributed by atoms with Crippen molar-refractivity contribution in [2.24, 2.45) is 10.9 Å². The Hall–Kier alpha value is -1.59. The molecule has 2 heterocycles. The molecule has 3 fully saturated rings. The van der Waals surface area contributed by atoms with Crippen LogP contribution in [-0.4, -0.2) is 74.3 Å². The van der Waals surface area contributed by atoms with Crippen molar-refractivity contribution >= 4 is 5.96 Å². The van der Waals surface area contributed by atoms with Crippen LogP contribution in [0.25, 0.3) is 0 Å². The second kappa shape index (κ2) is 8.40. The average molecular weight is 357 g/mol. The molecule has 3 aliphatic rings. The van der Waals surface area contributed by atoms with Crippen molar-refractivity contribution in [2.75, 3.05) is 52.5 Å². The summed E-state index contributed by atoms with van der Waals surface area (Å²) in [5.41, 5.74) is 1.45. The van der Waals surface area contributed by atoms with Crippen LogP contribution in [-0.2, 0) is 4.74 Å². The molecule has 1 saturated carbocycles. The number of ether oxygens (including phenoxy) is 1. The molecule has 0 spiro atoms. The molecule has 142 valence electrons. The van der Waals surface area contributed by atoms with Crippen LogP contribution < -0.4 is 5.32 Å². The maximum absolute atomic E-state index is 5.47. The summed E-state index contributed by atoms with van der Waals surface area (Å²) in [6.07, 6.45) is 2.49. The molecular formula is C21H32N4O. The molecule has 1 N–H and O–H groups in total. The standard InChI is InChI=1S/C21H32N4O/c1-2-22-21(23-20-14-19(20)18-6-4-3-5-7-18)25-9-8-17(16-25)15-24-10-12-26-13-11-24/h3-7,17,19-20H,2,8-16H2,1H3,(H,22,23). The van der Waals surface area contributed by atoms with Gasteiger partial charge in [0.25, 0.3) is 0 Å². The van der Waals surface area contributed by atoms with E-state index in [-0.39, 0.29) is 0 Å². The van der Waals surface area contributed by atoms with Gasteiger partial charge in [-0.05, 0) is 31.2 Å². The number of morpholine rings is 1. The molecule has 0 radical (unpaired) electrons. The van der Waals surface area contributed by atoms with Crippen LogP contribution in [0.4, 0.5) is 0 Å². The van der Waals surface area contributed by atoms with E-state index in [9.17, 15) is 0 Å². The van der Waals surface area contributed by atoms with Gasteiger partial charge in [0, 0.05) is 51.2 Å². The first-order valence-corrected chi connectivity index (χ1v) is 10.2. The van der Waals surface area contributed by atoms with Crippen LogP contribution in [0.15, 0.2) is 35.3 Å². The van der Waals surface area contributed by atoms with Gasteiger partial charge < -0.3 is 15.0 Å². The summed E-state index contributed by atoms with van der Waals surface area (Å²) in [6.45, 7) is 10.4. The summed E-state index contributed by atoms with van der Waals surface area (Å²) in [5, 5.41) is 3.75. The summed E-state index contributed by atoms with van der Waals surface area (Å²) >= 11 is 0. The number of likely N-dealkylation sites (tertiary alicyclic amines) is 1. The zero-order valence-electron chi connectivity index (χ0n) is 15.9. The molecule has 5 heteroatoms. The molecule has 26 heavy (non-hydrogen) atoms. The predicted molar refractivity (Wildman–Crippen MR) is 106 cm³/mol. The number of nitrogens with zero attached hydrogens (tertiary/aromatic N) is 3. The van der Waals surface area contributed by atoms with Gasteiger partial charge in [-0.3, -0.25) is 9.89 Å². The van der Waals surface area contributed by atoms with E-state index in [1.54, 1.807) is 0 Å². The SMILES string of the molecule is CCN=C(NC1CC1c1ccccc1)N1CCC(CN2CCOCC2)C1. The van der Waals surface area contributed by atoms with Crippen LogP contribution in [0.3, 0.4) is 0 Å². The van der Waals surface area contributed by atoms with E-state index in [1.807, 2.05) is 0 Å². The lowest BCUT2D eigenvalue weighted by Gasteiger charge is -2.29. The highest BCUT2D eigenvalue weighted by Gasteiger charge is 2.40. The maximum atomic E-state index is 5.47. The zero-order valence-corrected chi connectivity index (χ0v) is 15.9. The van der Waals surface area contributed by atoms with E-state index in [2.05, 4.69) is 52.4 Å². The van der Waals surface area contributed by atoms with Crippen molar-refractivity contribution in [1.82, 2.24) is 15.1 Å². The van der Waals surface area contributed by atoms with E-state index in [0.29, 0.717) is 12.0 Å². The largest absolute Gasteiger partial charge is 0.379 e. The Morgan fingerprint density at radius 3 is 2.77 bits per heavy atom. The van der Waals surface area contributed by atoms with E-state index in [1.165, 1.54) is 24.9 Å². The highest BCUT2D eigenvalue weighted by atomic mass is 16.5. The van der Waals surface area contributed by atoms with Gasteiger partial charge in [0.2, 0.25) is 0 Å². The Morgan fingerprint density at radius 2 is 2.00 bits per heavy atom. The average Bonchev–Trinajstić information content (AvgIpc) is 3.30. The Balaban J connectivity index is 1.29. The summed E-state index contributed by atoms with van der Waals surface area (Å²) < 4.78 is 5.47. The Labute approximate surface area is 157 Å². The second-order valence-electron chi connectivity index (χ2n) is 7.82. The number of guanidine groups is 1. The summed E-state index contributed by atoms with van der Waals surface area (Å²) in [4.78, 5) is 9.84. The van der Waals surface area contributed by atoms with Gasteiger partial charge in [0.05, 0.1) is 13.2 Å². The number of aliphatic imine (C=N–C) groups is 1. The molecule has 1 aliphatic carbocycles. The second-order valence-corrected chi connectivity index (χ2v) is 7.82. The summed E-state index contributed by atoms with van der Waals surface area (Å²) in [6, 6.07) is 11.4. The smallest absolute Gasteiger partial charge is 0.194 e. The lowest BCUT2D eigenvalue weighted by atomic mass is 10.1. The normalized spacial score (nSPS) is 29.8. The number of benzene rings is 1. The third kappa shape index (κ3) is 4.38. The number of hydrogen-bond donors (Lipinski definition) is 1. The Kier molecular flexibility index (Phi) is 5.75. The maximum Gasteiger partial charge on any atom is 0.194 e. The molecule has 0 bridgehead atoms. The van der Waals surface area contributed by atoms with Crippen molar-refractivity contribution < 1.29 is 4.74 Å². The fraction of sp³-hybridized carbons (Fsp3) is 0.667. The highest BCUT2D eigenvalue weighted by molar-refractivity contribution is 5.81. The van der Waals surface area contributed by atoms with Gasteiger partial charge in [-0.25, -0.2) is 0 Å². The molecule has 0 amide bonds. The van der Waals surface area contributed by atoms with Crippen LogP contribution in [0.5, 0.6) is 0 Å². The molecule has 1 aromatic rings. The van der Waals surface area contributed by atoms with E-state index >= 15 is 0 Å². The number of nitrogens with one attached hydrogen (secondary N) is 1. The van der Waals surface area contributed by atoms with Crippen LogP contribution >= 0.6 is 0 Å². The van der Waals surface area contributed by atoms with Crippen LogP contribution in [0, 0.1) is 5.92 Å². The minimum Gasteiger partial charge on any atom is -0.379 e. The van der Waals surface area contributed by atoms with Gasteiger partial charge in [0.15, 0.2) is 5.96 Å². The first kappa shape index (κ1) is 17.8.